The summed E-state index contributed by atoms with van der Waals surface area (Å²) < 4.78 is 0. The van der Waals surface area contributed by atoms with Crippen LogP contribution in [0.3, 0.4) is 0 Å². The molecule has 1 N–H and O–H groups in total. The molecule has 2 heterocycles. The van der Waals surface area contributed by atoms with E-state index in [4.69, 9.17) is 0 Å². The Kier molecular flexibility index (Phi) is 1.51. The van der Waals surface area contributed by atoms with Gasteiger partial charge in [0.05, 0.1) is 0 Å². The first-order valence-corrected chi connectivity index (χ1v) is 4.53. The lowest BCUT2D eigenvalue weighted by Crippen LogP contribution is -2.31. The molecule has 0 bridgehead atoms. The SMILES string of the molecule is C[C@H]1Cc2sccc2CN1. The topological polar surface area (TPSA) is 12.0 Å². The van der Waals surface area contributed by atoms with Crippen molar-refractivity contribution in [3.8, 4) is 0 Å². The molecule has 0 saturated heterocycles. The van der Waals surface area contributed by atoms with E-state index in [9.17, 15) is 0 Å². The molecule has 1 aliphatic rings. The van der Waals surface area contributed by atoms with Gasteiger partial charge in [-0.2, -0.15) is 0 Å². The van der Waals surface area contributed by atoms with Crippen molar-refractivity contribution >= 4 is 11.3 Å². The molecule has 0 aromatic carbocycles. The molecule has 54 valence electrons. The van der Waals surface area contributed by atoms with Crippen LogP contribution in [0.25, 0.3) is 0 Å². The van der Waals surface area contributed by atoms with Crippen LogP contribution in [0.5, 0.6) is 0 Å². The van der Waals surface area contributed by atoms with Gasteiger partial charge >= 0.3 is 0 Å². The fourth-order valence-corrected chi connectivity index (χ4v) is 2.37. The number of thiophene rings is 1. The predicted octanol–water partition coefficient (Wildman–Crippen LogP) is 1.78. The van der Waals surface area contributed by atoms with E-state index in [1.54, 1.807) is 4.88 Å². The molecule has 1 aliphatic heterocycles. The van der Waals surface area contributed by atoms with Crippen molar-refractivity contribution in [1.82, 2.24) is 5.32 Å². The Morgan fingerprint density at radius 1 is 1.70 bits per heavy atom. The summed E-state index contributed by atoms with van der Waals surface area (Å²) in [7, 11) is 0. The Morgan fingerprint density at radius 3 is 3.50 bits per heavy atom. The molecule has 2 rings (SSSR count). The van der Waals surface area contributed by atoms with E-state index in [0.717, 1.165) is 6.54 Å². The van der Waals surface area contributed by atoms with E-state index >= 15 is 0 Å². The Balaban J connectivity index is 2.30. The third kappa shape index (κ3) is 0.976. The summed E-state index contributed by atoms with van der Waals surface area (Å²) in [6, 6.07) is 2.89. The maximum Gasteiger partial charge on any atom is 0.0219 e. The quantitative estimate of drug-likeness (QED) is 0.599. The van der Waals surface area contributed by atoms with Gasteiger partial charge in [0.1, 0.15) is 0 Å². The summed E-state index contributed by atoms with van der Waals surface area (Å²) in [6.45, 7) is 3.31. The maximum atomic E-state index is 3.43. The third-order valence-corrected chi connectivity index (χ3v) is 2.96. The highest BCUT2D eigenvalue weighted by Gasteiger charge is 2.13. The molecule has 2 heteroatoms. The van der Waals surface area contributed by atoms with Crippen LogP contribution in [0.4, 0.5) is 0 Å². The first kappa shape index (κ1) is 6.38. The Morgan fingerprint density at radius 2 is 2.60 bits per heavy atom. The highest BCUT2D eigenvalue weighted by Crippen LogP contribution is 2.21. The second kappa shape index (κ2) is 2.36. The summed E-state index contributed by atoms with van der Waals surface area (Å²) in [6.07, 6.45) is 1.22. The molecule has 0 fully saturated rings. The monoisotopic (exact) mass is 153 g/mol. The molecule has 10 heavy (non-hydrogen) atoms. The summed E-state index contributed by atoms with van der Waals surface area (Å²) in [5, 5.41) is 5.62. The molecular weight excluding hydrogens is 142 g/mol. The highest BCUT2D eigenvalue weighted by molar-refractivity contribution is 7.10. The third-order valence-electron chi connectivity index (χ3n) is 1.97. The predicted molar refractivity (Wildman–Crippen MR) is 44.3 cm³/mol. The van der Waals surface area contributed by atoms with Crippen LogP contribution < -0.4 is 5.32 Å². The zero-order valence-corrected chi connectivity index (χ0v) is 6.87. The van der Waals surface area contributed by atoms with E-state index in [1.807, 2.05) is 11.3 Å². The molecule has 1 aromatic rings. The summed E-state index contributed by atoms with van der Waals surface area (Å²) in [4.78, 5) is 1.58. The lowest BCUT2D eigenvalue weighted by molar-refractivity contribution is 0.520. The average molecular weight is 153 g/mol. The fraction of sp³-hybridized carbons (Fsp3) is 0.500. The summed E-state index contributed by atoms with van der Waals surface area (Å²) in [5.74, 6) is 0. The second-order valence-corrected chi connectivity index (χ2v) is 3.86. The number of nitrogens with one attached hydrogen (secondary N) is 1. The molecule has 1 atom stereocenters. The minimum atomic E-state index is 0.672. The van der Waals surface area contributed by atoms with Gasteiger partial charge in [0, 0.05) is 17.5 Å². The summed E-state index contributed by atoms with van der Waals surface area (Å²) in [5.41, 5.74) is 1.50. The number of fused-ring (bicyclic) bond motifs is 1. The number of hydrogen-bond donors (Lipinski definition) is 1. The van der Waals surface area contributed by atoms with E-state index in [1.165, 1.54) is 12.0 Å². The zero-order valence-electron chi connectivity index (χ0n) is 6.05. The van der Waals surface area contributed by atoms with Gasteiger partial charge in [-0.25, -0.2) is 0 Å². The van der Waals surface area contributed by atoms with Crippen molar-refractivity contribution in [3.05, 3.63) is 21.9 Å². The van der Waals surface area contributed by atoms with Crippen LogP contribution >= 0.6 is 11.3 Å². The Hall–Kier alpha value is -0.340. The molecule has 0 amide bonds. The van der Waals surface area contributed by atoms with Gasteiger partial charge in [0.2, 0.25) is 0 Å². The largest absolute Gasteiger partial charge is 0.310 e. The fourth-order valence-electron chi connectivity index (χ4n) is 1.34. The van der Waals surface area contributed by atoms with Crippen molar-refractivity contribution < 1.29 is 0 Å². The minimum Gasteiger partial charge on any atom is -0.310 e. The van der Waals surface area contributed by atoms with E-state index in [0.29, 0.717) is 6.04 Å². The maximum absolute atomic E-state index is 3.43. The van der Waals surface area contributed by atoms with Crippen LogP contribution in [0.15, 0.2) is 11.4 Å². The normalized spacial score (nSPS) is 24.3. The molecular formula is C8H11NS. The van der Waals surface area contributed by atoms with Crippen LogP contribution in [0, 0.1) is 0 Å². The van der Waals surface area contributed by atoms with Gasteiger partial charge in [-0.3, -0.25) is 0 Å². The van der Waals surface area contributed by atoms with Crippen molar-refractivity contribution in [1.29, 1.82) is 0 Å². The second-order valence-electron chi connectivity index (χ2n) is 2.86. The van der Waals surface area contributed by atoms with Crippen molar-refractivity contribution in [2.75, 3.05) is 0 Å². The molecule has 1 aromatic heterocycles. The van der Waals surface area contributed by atoms with Crippen LogP contribution in [0.2, 0.25) is 0 Å². The Bertz CT molecular complexity index is 229. The number of rotatable bonds is 0. The van der Waals surface area contributed by atoms with Gasteiger partial charge in [-0.15, -0.1) is 11.3 Å². The van der Waals surface area contributed by atoms with Gasteiger partial charge in [-0.05, 0) is 30.4 Å². The zero-order chi connectivity index (χ0) is 6.97. The van der Waals surface area contributed by atoms with Crippen LogP contribution in [-0.2, 0) is 13.0 Å². The van der Waals surface area contributed by atoms with Crippen molar-refractivity contribution in [2.24, 2.45) is 0 Å². The standard InChI is InChI=1S/C8H11NS/c1-6-4-8-7(5-9-6)2-3-10-8/h2-3,6,9H,4-5H2,1H3/t6-/m0/s1. The van der Waals surface area contributed by atoms with Crippen molar-refractivity contribution in [2.45, 2.75) is 25.9 Å². The molecule has 0 unspecified atom stereocenters. The minimum absolute atomic E-state index is 0.672. The Labute approximate surface area is 65.1 Å². The molecule has 0 saturated carbocycles. The van der Waals surface area contributed by atoms with Crippen molar-refractivity contribution in [3.63, 3.8) is 0 Å². The summed E-state index contributed by atoms with van der Waals surface area (Å²) >= 11 is 1.89. The van der Waals surface area contributed by atoms with Gasteiger partial charge < -0.3 is 5.32 Å². The molecule has 0 aliphatic carbocycles. The first-order valence-electron chi connectivity index (χ1n) is 3.65. The average Bonchev–Trinajstić information content (AvgIpc) is 2.33. The highest BCUT2D eigenvalue weighted by atomic mass is 32.1. The number of hydrogen-bond acceptors (Lipinski definition) is 2. The molecule has 1 nitrogen and oxygen atoms in total. The molecule has 0 radical (unpaired) electrons. The van der Waals surface area contributed by atoms with E-state index in [2.05, 4.69) is 23.7 Å². The van der Waals surface area contributed by atoms with Gasteiger partial charge in [0.25, 0.3) is 0 Å². The lowest BCUT2D eigenvalue weighted by atomic mass is 10.1. The smallest absolute Gasteiger partial charge is 0.0219 e. The van der Waals surface area contributed by atoms with E-state index < -0.39 is 0 Å². The van der Waals surface area contributed by atoms with Crippen LogP contribution in [0.1, 0.15) is 17.4 Å². The first-order chi connectivity index (χ1) is 4.86. The van der Waals surface area contributed by atoms with Gasteiger partial charge in [0.15, 0.2) is 0 Å². The van der Waals surface area contributed by atoms with Crippen LogP contribution in [-0.4, -0.2) is 6.04 Å². The molecule has 0 spiro atoms. The van der Waals surface area contributed by atoms with Gasteiger partial charge in [-0.1, -0.05) is 0 Å². The van der Waals surface area contributed by atoms with E-state index in [-0.39, 0.29) is 0 Å². The lowest BCUT2D eigenvalue weighted by Gasteiger charge is -2.19.